The lowest BCUT2D eigenvalue weighted by molar-refractivity contribution is 0.0951. The topological polar surface area (TPSA) is 32.3 Å². The van der Waals surface area contributed by atoms with Crippen molar-refractivity contribution in [1.29, 1.82) is 0 Å². The first-order valence-electron chi connectivity index (χ1n) is 4.78. The zero-order valence-electron chi connectivity index (χ0n) is 9.37. The van der Waals surface area contributed by atoms with Gasteiger partial charge in [0.15, 0.2) is 0 Å². The Kier molecular flexibility index (Phi) is 6.69. The second-order valence-electron chi connectivity index (χ2n) is 3.57. The maximum absolute atomic E-state index is 12.6. The molecule has 0 radical (unpaired) electrons. The van der Waals surface area contributed by atoms with E-state index in [-0.39, 0.29) is 24.1 Å². The van der Waals surface area contributed by atoms with Gasteiger partial charge in [0.1, 0.15) is 5.82 Å². The number of nitrogens with zero attached hydrogens (tertiary/aromatic N) is 1. The molecule has 90 valence electrons. The summed E-state index contributed by atoms with van der Waals surface area (Å²) in [6, 6.07) is 5.50. The summed E-state index contributed by atoms with van der Waals surface area (Å²) in [5, 5.41) is 2.75. The lowest BCUT2D eigenvalue weighted by Gasteiger charge is -2.10. The van der Waals surface area contributed by atoms with Crippen molar-refractivity contribution in [2.45, 2.75) is 0 Å². The van der Waals surface area contributed by atoms with Crippen LogP contribution in [0.5, 0.6) is 0 Å². The molecule has 0 saturated carbocycles. The molecule has 5 heteroatoms. The first kappa shape index (κ1) is 14.9. The highest BCUT2D eigenvalue weighted by atomic mass is 35.5. The Morgan fingerprint density at radius 2 is 1.88 bits per heavy atom. The van der Waals surface area contributed by atoms with Gasteiger partial charge in [-0.1, -0.05) is 0 Å². The van der Waals surface area contributed by atoms with E-state index in [4.69, 9.17) is 0 Å². The zero-order valence-corrected chi connectivity index (χ0v) is 10.2. The van der Waals surface area contributed by atoms with E-state index in [1.54, 1.807) is 0 Å². The van der Waals surface area contributed by atoms with Crippen LogP contribution in [-0.4, -0.2) is 38.0 Å². The van der Waals surface area contributed by atoms with E-state index in [1.807, 2.05) is 19.0 Å². The maximum atomic E-state index is 12.6. The van der Waals surface area contributed by atoms with Crippen molar-refractivity contribution >= 4 is 18.3 Å². The average molecular weight is 247 g/mol. The summed E-state index contributed by atoms with van der Waals surface area (Å²) in [5.74, 6) is -0.503. The number of halogens is 2. The Hall–Kier alpha value is -1.13. The highest BCUT2D eigenvalue weighted by molar-refractivity contribution is 5.94. The summed E-state index contributed by atoms with van der Waals surface area (Å²) in [7, 11) is 3.87. The molecule has 1 N–H and O–H groups in total. The first-order chi connectivity index (χ1) is 7.09. The van der Waals surface area contributed by atoms with Crippen LogP contribution in [0.4, 0.5) is 4.39 Å². The van der Waals surface area contributed by atoms with Crippen molar-refractivity contribution in [3.63, 3.8) is 0 Å². The molecule has 0 saturated heterocycles. The van der Waals surface area contributed by atoms with Gasteiger partial charge < -0.3 is 10.2 Å². The molecule has 16 heavy (non-hydrogen) atoms. The SMILES string of the molecule is CN(C)CCNC(=O)c1ccc(F)cc1.Cl. The number of hydrogen-bond acceptors (Lipinski definition) is 2. The van der Waals surface area contributed by atoms with Crippen molar-refractivity contribution < 1.29 is 9.18 Å². The molecule has 0 fully saturated rings. The van der Waals surface area contributed by atoms with Crippen LogP contribution >= 0.6 is 12.4 Å². The Balaban J connectivity index is 0.00000225. The Labute approximate surface area is 101 Å². The van der Waals surface area contributed by atoms with Crippen molar-refractivity contribution in [3.8, 4) is 0 Å². The molecule has 3 nitrogen and oxygen atoms in total. The van der Waals surface area contributed by atoms with Gasteiger partial charge in [-0.2, -0.15) is 0 Å². The van der Waals surface area contributed by atoms with Crippen molar-refractivity contribution in [3.05, 3.63) is 35.6 Å². The third-order valence-corrected chi connectivity index (χ3v) is 1.95. The van der Waals surface area contributed by atoms with Crippen LogP contribution < -0.4 is 5.32 Å². The predicted octanol–water partition coefficient (Wildman–Crippen LogP) is 1.54. The second kappa shape index (κ2) is 7.19. The fourth-order valence-corrected chi connectivity index (χ4v) is 1.10. The molecule has 0 aliphatic carbocycles. The van der Waals surface area contributed by atoms with Crippen LogP contribution in [0, 0.1) is 5.82 Å². The number of amides is 1. The van der Waals surface area contributed by atoms with E-state index < -0.39 is 0 Å². The van der Waals surface area contributed by atoms with Crippen LogP contribution in [-0.2, 0) is 0 Å². The molecule has 0 heterocycles. The lowest BCUT2D eigenvalue weighted by atomic mass is 10.2. The predicted molar refractivity (Wildman–Crippen MR) is 64.5 cm³/mol. The minimum Gasteiger partial charge on any atom is -0.351 e. The van der Waals surface area contributed by atoms with Crippen LogP contribution in [0.1, 0.15) is 10.4 Å². The zero-order chi connectivity index (χ0) is 11.3. The molecule has 0 aliphatic rings. The summed E-state index contributed by atoms with van der Waals surface area (Å²) in [5.41, 5.74) is 0.482. The van der Waals surface area contributed by atoms with Crippen molar-refractivity contribution in [1.82, 2.24) is 10.2 Å². The number of carbonyl (C=O) groups is 1. The molecular formula is C11H16ClFN2O. The van der Waals surface area contributed by atoms with Gasteiger partial charge >= 0.3 is 0 Å². The minimum absolute atomic E-state index is 0. The highest BCUT2D eigenvalue weighted by Gasteiger charge is 2.04. The molecule has 1 aromatic carbocycles. The number of rotatable bonds is 4. The molecule has 0 unspecified atom stereocenters. The smallest absolute Gasteiger partial charge is 0.251 e. The van der Waals surface area contributed by atoms with Gasteiger partial charge in [-0.3, -0.25) is 4.79 Å². The molecular weight excluding hydrogens is 231 g/mol. The quantitative estimate of drug-likeness (QED) is 0.874. The maximum Gasteiger partial charge on any atom is 0.251 e. The molecule has 0 aliphatic heterocycles. The number of benzene rings is 1. The van der Waals surface area contributed by atoms with E-state index >= 15 is 0 Å². The van der Waals surface area contributed by atoms with Gasteiger partial charge in [-0.25, -0.2) is 4.39 Å². The molecule has 0 bridgehead atoms. The standard InChI is InChI=1S/C11H15FN2O.ClH/c1-14(2)8-7-13-11(15)9-3-5-10(12)6-4-9;/h3-6H,7-8H2,1-2H3,(H,13,15);1H. The van der Waals surface area contributed by atoms with Crippen LogP contribution in [0.2, 0.25) is 0 Å². The lowest BCUT2D eigenvalue weighted by Crippen LogP contribution is -2.31. The molecule has 0 spiro atoms. The van der Waals surface area contributed by atoms with Gasteiger partial charge in [-0.05, 0) is 38.4 Å². The van der Waals surface area contributed by atoms with Gasteiger partial charge in [-0.15, -0.1) is 12.4 Å². The third-order valence-electron chi connectivity index (χ3n) is 1.95. The number of likely N-dealkylation sites (N-methyl/N-ethyl adjacent to an activating group) is 1. The van der Waals surface area contributed by atoms with Crippen LogP contribution in [0.3, 0.4) is 0 Å². The van der Waals surface area contributed by atoms with Gasteiger partial charge in [0.25, 0.3) is 5.91 Å². The van der Waals surface area contributed by atoms with Crippen molar-refractivity contribution in [2.24, 2.45) is 0 Å². The summed E-state index contributed by atoms with van der Waals surface area (Å²) in [6.07, 6.45) is 0. The van der Waals surface area contributed by atoms with Crippen LogP contribution in [0.25, 0.3) is 0 Å². The average Bonchev–Trinajstić information content (AvgIpc) is 2.18. The molecule has 1 amide bonds. The second-order valence-corrected chi connectivity index (χ2v) is 3.57. The first-order valence-corrected chi connectivity index (χ1v) is 4.78. The molecule has 1 rings (SSSR count). The van der Waals surface area contributed by atoms with Crippen molar-refractivity contribution in [2.75, 3.05) is 27.2 Å². The summed E-state index contributed by atoms with van der Waals surface area (Å²) < 4.78 is 12.6. The number of hydrogen-bond donors (Lipinski definition) is 1. The summed E-state index contributed by atoms with van der Waals surface area (Å²) >= 11 is 0. The summed E-state index contributed by atoms with van der Waals surface area (Å²) in [6.45, 7) is 1.37. The number of carbonyl (C=O) groups excluding carboxylic acids is 1. The molecule has 0 atom stereocenters. The van der Waals surface area contributed by atoms with Crippen LogP contribution in [0.15, 0.2) is 24.3 Å². The highest BCUT2D eigenvalue weighted by Crippen LogP contribution is 2.01. The van der Waals surface area contributed by atoms with E-state index in [2.05, 4.69) is 5.32 Å². The van der Waals surface area contributed by atoms with Gasteiger partial charge in [0.05, 0.1) is 0 Å². The van der Waals surface area contributed by atoms with E-state index in [1.165, 1.54) is 24.3 Å². The van der Waals surface area contributed by atoms with E-state index in [0.717, 1.165) is 6.54 Å². The Morgan fingerprint density at radius 1 is 1.31 bits per heavy atom. The monoisotopic (exact) mass is 246 g/mol. The molecule has 0 aromatic heterocycles. The minimum atomic E-state index is -0.333. The Bertz CT molecular complexity index is 327. The van der Waals surface area contributed by atoms with Gasteiger partial charge in [0, 0.05) is 18.7 Å². The largest absolute Gasteiger partial charge is 0.351 e. The third kappa shape index (κ3) is 5.09. The Morgan fingerprint density at radius 3 is 2.38 bits per heavy atom. The molecule has 1 aromatic rings. The van der Waals surface area contributed by atoms with Gasteiger partial charge in [0.2, 0.25) is 0 Å². The fraction of sp³-hybridized carbons (Fsp3) is 0.364. The summed E-state index contributed by atoms with van der Waals surface area (Å²) in [4.78, 5) is 13.5. The van der Waals surface area contributed by atoms with E-state index in [0.29, 0.717) is 12.1 Å². The normalized spacial score (nSPS) is 9.75. The fourth-order valence-electron chi connectivity index (χ4n) is 1.10. The van der Waals surface area contributed by atoms with E-state index in [9.17, 15) is 9.18 Å². The number of nitrogens with one attached hydrogen (secondary N) is 1.